The summed E-state index contributed by atoms with van der Waals surface area (Å²) in [6.45, 7) is 0.750. The minimum atomic E-state index is -0.460. The van der Waals surface area contributed by atoms with Crippen LogP contribution in [0.4, 0.5) is 10.1 Å². The Bertz CT molecular complexity index is 1010. The molecule has 0 spiro atoms. The standard InChI is InChI=1S/C24H26FN3O2/c1-28(18-10-3-2-4-11-18)15-17-9-5-8-14-21(17)27-24(29)22-23(30-16-26-22)19-12-6-7-13-20(19)25/h5-9,12-14,16,18H,2-4,10-11,15H2,1H3,(H,27,29). The van der Waals surface area contributed by atoms with E-state index in [9.17, 15) is 9.18 Å². The molecule has 3 aromatic rings. The minimum absolute atomic E-state index is 0.0653. The fraction of sp³-hybridized carbons (Fsp3) is 0.333. The van der Waals surface area contributed by atoms with E-state index < -0.39 is 11.7 Å². The first-order valence-corrected chi connectivity index (χ1v) is 10.4. The summed E-state index contributed by atoms with van der Waals surface area (Å²) in [5.41, 5.74) is 2.04. The number of anilines is 1. The number of amides is 1. The van der Waals surface area contributed by atoms with Gasteiger partial charge in [0.15, 0.2) is 17.8 Å². The molecule has 4 rings (SSSR count). The topological polar surface area (TPSA) is 58.4 Å². The number of hydrogen-bond acceptors (Lipinski definition) is 4. The van der Waals surface area contributed by atoms with Crippen molar-refractivity contribution in [3.8, 4) is 11.3 Å². The van der Waals surface area contributed by atoms with Crippen LogP contribution in [0.15, 0.2) is 59.3 Å². The third-order valence-corrected chi connectivity index (χ3v) is 5.78. The van der Waals surface area contributed by atoms with Crippen molar-refractivity contribution in [2.75, 3.05) is 12.4 Å². The summed E-state index contributed by atoms with van der Waals surface area (Å²) in [6.07, 6.45) is 7.47. The van der Waals surface area contributed by atoms with E-state index in [-0.39, 0.29) is 17.0 Å². The van der Waals surface area contributed by atoms with Gasteiger partial charge in [0, 0.05) is 18.3 Å². The highest BCUT2D eigenvalue weighted by molar-refractivity contribution is 6.06. The highest BCUT2D eigenvalue weighted by atomic mass is 19.1. The summed E-state index contributed by atoms with van der Waals surface area (Å²) in [6, 6.07) is 14.5. The monoisotopic (exact) mass is 407 g/mol. The first-order valence-electron chi connectivity index (χ1n) is 10.4. The number of hydrogen-bond donors (Lipinski definition) is 1. The first kappa shape index (κ1) is 20.3. The number of halogens is 1. The molecular weight excluding hydrogens is 381 g/mol. The number of aromatic nitrogens is 1. The zero-order valence-corrected chi connectivity index (χ0v) is 17.1. The quantitative estimate of drug-likeness (QED) is 0.586. The molecule has 30 heavy (non-hydrogen) atoms. The largest absolute Gasteiger partial charge is 0.443 e. The van der Waals surface area contributed by atoms with Crippen molar-refractivity contribution >= 4 is 11.6 Å². The third-order valence-electron chi connectivity index (χ3n) is 5.78. The van der Waals surface area contributed by atoms with E-state index in [0.29, 0.717) is 6.04 Å². The van der Waals surface area contributed by atoms with Crippen LogP contribution in [0.5, 0.6) is 0 Å². The van der Waals surface area contributed by atoms with E-state index in [2.05, 4.69) is 22.2 Å². The predicted octanol–water partition coefficient (Wildman–Crippen LogP) is 5.50. The Morgan fingerprint density at radius 2 is 1.87 bits per heavy atom. The Labute approximate surface area is 175 Å². The van der Waals surface area contributed by atoms with Crippen molar-refractivity contribution in [1.82, 2.24) is 9.88 Å². The second kappa shape index (κ2) is 9.22. The van der Waals surface area contributed by atoms with E-state index in [1.54, 1.807) is 18.2 Å². The highest BCUT2D eigenvalue weighted by Gasteiger charge is 2.22. The number of carbonyl (C=O) groups excluding carboxylic acids is 1. The Morgan fingerprint density at radius 1 is 1.13 bits per heavy atom. The number of para-hydroxylation sites is 1. The molecule has 1 fully saturated rings. The van der Waals surface area contributed by atoms with Gasteiger partial charge < -0.3 is 9.73 Å². The van der Waals surface area contributed by atoms with Crippen LogP contribution >= 0.6 is 0 Å². The van der Waals surface area contributed by atoms with Gasteiger partial charge in [0.2, 0.25) is 0 Å². The molecule has 0 unspecified atom stereocenters. The minimum Gasteiger partial charge on any atom is -0.443 e. The van der Waals surface area contributed by atoms with Crippen LogP contribution in [0.2, 0.25) is 0 Å². The van der Waals surface area contributed by atoms with Crippen molar-refractivity contribution in [1.29, 1.82) is 0 Å². The third kappa shape index (κ3) is 4.44. The maximum absolute atomic E-state index is 14.2. The summed E-state index contributed by atoms with van der Waals surface area (Å²) >= 11 is 0. The number of nitrogens with zero attached hydrogens (tertiary/aromatic N) is 2. The van der Waals surface area contributed by atoms with E-state index in [1.807, 2.05) is 24.3 Å². The van der Waals surface area contributed by atoms with E-state index in [0.717, 1.165) is 17.8 Å². The van der Waals surface area contributed by atoms with E-state index in [4.69, 9.17) is 4.42 Å². The molecule has 2 aromatic carbocycles. The molecule has 1 heterocycles. The highest BCUT2D eigenvalue weighted by Crippen LogP contribution is 2.28. The van der Waals surface area contributed by atoms with Gasteiger partial charge in [0.25, 0.3) is 5.91 Å². The molecule has 1 saturated carbocycles. The van der Waals surface area contributed by atoms with Gasteiger partial charge in [0.05, 0.1) is 5.56 Å². The number of carbonyl (C=O) groups is 1. The van der Waals surface area contributed by atoms with Crippen LogP contribution < -0.4 is 5.32 Å². The smallest absolute Gasteiger partial charge is 0.278 e. The Morgan fingerprint density at radius 3 is 2.67 bits per heavy atom. The molecule has 1 amide bonds. The van der Waals surface area contributed by atoms with Crippen LogP contribution in [-0.4, -0.2) is 28.9 Å². The van der Waals surface area contributed by atoms with Gasteiger partial charge in [-0.2, -0.15) is 0 Å². The maximum atomic E-state index is 14.2. The van der Waals surface area contributed by atoms with Crippen LogP contribution in [0.1, 0.15) is 48.2 Å². The summed E-state index contributed by atoms with van der Waals surface area (Å²) in [4.78, 5) is 19.4. The lowest BCUT2D eigenvalue weighted by Gasteiger charge is -2.31. The Balaban J connectivity index is 1.52. The molecule has 0 bridgehead atoms. The molecule has 1 N–H and O–H groups in total. The molecule has 1 aliphatic carbocycles. The summed E-state index contributed by atoms with van der Waals surface area (Å²) < 4.78 is 19.5. The van der Waals surface area contributed by atoms with Gasteiger partial charge in [-0.05, 0) is 43.7 Å². The fourth-order valence-corrected chi connectivity index (χ4v) is 4.13. The number of rotatable bonds is 6. The summed E-state index contributed by atoms with van der Waals surface area (Å²) in [5.74, 6) is -0.755. The van der Waals surface area contributed by atoms with Gasteiger partial charge in [0.1, 0.15) is 5.82 Å². The van der Waals surface area contributed by atoms with Gasteiger partial charge in [-0.15, -0.1) is 0 Å². The average molecular weight is 407 g/mol. The van der Waals surface area contributed by atoms with Gasteiger partial charge in [-0.25, -0.2) is 9.37 Å². The Kier molecular flexibility index (Phi) is 6.23. The maximum Gasteiger partial charge on any atom is 0.278 e. The SMILES string of the molecule is CN(Cc1ccccc1NC(=O)c1ncoc1-c1ccccc1F)C1CCCCC1. The van der Waals surface area contributed by atoms with Crippen LogP contribution in [0, 0.1) is 5.82 Å². The normalized spacial score (nSPS) is 14.8. The predicted molar refractivity (Wildman–Crippen MR) is 115 cm³/mol. The van der Waals surface area contributed by atoms with Gasteiger partial charge in [-0.1, -0.05) is 49.6 Å². The number of nitrogens with one attached hydrogen (secondary N) is 1. The second-order valence-corrected chi connectivity index (χ2v) is 7.83. The van der Waals surface area contributed by atoms with Crippen molar-refractivity contribution in [3.63, 3.8) is 0 Å². The lowest BCUT2D eigenvalue weighted by atomic mass is 9.94. The first-order chi connectivity index (χ1) is 14.6. The molecule has 1 aliphatic rings. The van der Waals surface area contributed by atoms with E-state index >= 15 is 0 Å². The average Bonchev–Trinajstić information content (AvgIpc) is 3.26. The van der Waals surface area contributed by atoms with Gasteiger partial charge in [-0.3, -0.25) is 9.69 Å². The molecule has 0 aliphatic heterocycles. The number of oxazole rings is 1. The molecule has 1 aromatic heterocycles. The zero-order valence-electron chi connectivity index (χ0n) is 17.1. The molecule has 0 saturated heterocycles. The van der Waals surface area contributed by atoms with Gasteiger partial charge >= 0.3 is 0 Å². The second-order valence-electron chi connectivity index (χ2n) is 7.83. The molecule has 0 atom stereocenters. The lowest BCUT2D eigenvalue weighted by molar-refractivity contribution is 0.102. The summed E-state index contributed by atoms with van der Waals surface area (Å²) in [7, 11) is 2.14. The van der Waals surface area contributed by atoms with Crippen molar-refractivity contribution in [3.05, 3.63) is 72.0 Å². The number of benzene rings is 2. The van der Waals surface area contributed by atoms with Crippen LogP contribution in [-0.2, 0) is 6.54 Å². The van der Waals surface area contributed by atoms with Crippen molar-refractivity contribution in [2.24, 2.45) is 0 Å². The summed E-state index contributed by atoms with van der Waals surface area (Å²) in [5, 5.41) is 2.94. The molecule has 6 heteroatoms. The molecular formula is C24H26FN3O2. The van der Waals surface area contributed by atoms with E-state index in [1.165, 1.54) is 44.6 Å². The van der Waals surface area contributed by atoms with Crippen molar-refractivity contribution < 1.29 is 13.6 Å². The van der Waals surface area contributed by atoms with Crippen molar-refractivity contribution in [2.45, 2.75) is 44.7 Å². The molecule has 0 radical (unpaired) electrons. The van der Waals surface area contributed by atoms with Crippen LogP contribution in [0.25, 0.3) is 11.3 Å². The lowest BCUT2D eigenvalue weighted by Crippen LogP contribution is -2.33. The zero-order chi connectivity index (χ0) is 20.9. The molecule has 156 valence electrons. The van der Waals surface area contributed by atoms with Crippen LogP contribution in [0.3, 0.4) is 0 Å². The molecule has 5 nitrogen and oxygen atoms in total. The Hall–Kier alpha value is -2.99. The fourth-order valence-electron chi connectivity index (χ4n) is 4.13.